The highest BCUT2D eigenvalue weighted by molar-refractivity contribution is 7.98. The van der Waals surface area contributed by atoms with Gasteiger partial charge in [-0.15, -0.1) is 11.8 Å². The molecule has 0 amide bonds. The molecule has 0 saturated carbocycles. The summed E-state index contributed by atoms with van der Waals surface area (Å²) in [6.07, 6.45) is -16.0. The zero-order valence-electron chi connectivity index (χ0n) is 73.6. The van der Waals surface area contributed by atoms with Crippen LogP contribution in [0.2, 0.25) is 25.1 Å². The van der Waals surface area contributed by atoms with Crippen LogP contribution >= 0.6 is 69.8 Å². The lowest BCUT2D eigenvalue weighted by Crippen LogP contribution is -2.07. The van der Waals surface area contributed by atoms with Gasteiger partial charge in [0.15, 0.2) is 17.3 Å². The number of non-ortho nitro benzene ring substituents is 2. The summed E-state index contributed by atoms with van der Waals surface area (Å²) in [5, 5.41) is 47.6. The first-order chi connectivity index (χ1) is 67.9. The Balaban J connectivity index is 0.000000143. The van der Waals surface area contributed by atoms with Gasteiger partial charge in [0.05, 0.1) is 99.5 Å². The van der Waals surface area contributed by atoms with E-state index in [1.807, 2.05) is 30.5 Å². The van der Waals surface area contributed by atoms with Gasteiger partial charge in [0.2, 0.25) is 0 Å². The second-order valence-electron chi connectivity index (χ2n) is 29.7. The first-order valence-corrected chi connectivity index (χ1v) is 44.5. The minimum Gasteiger partial charge on any atom is -0.497 e. The number of nitro groups is 2. The van der Waals surface area contributed by atoms with Crippen molar-refractivity contribution in [1.29, 1.82) is 0 Å². The number of ether oxygens (including phenoxy) is 3. The minimum absolute atomic E-state index is 0.0744. The molecule has 0 atom stereocenters. The van der Waals surface area contributed by atoms with E-state index in [0.717, 1.165) is 22.1 Å². The molecule has 0 bridgehead atoms. The van der Waals surface area contributed by atoms with Crippen molar-refractivity contribution in [3.05, 3.63) is 413 Å². The highest BCUT2D eigenvalue weighted by atomic mass is 35.5. The van der Waals surface area contributed by atoms with Crippen LogP contribution in [0.3, 0.4) is 0 Å². The zero-order valence-corrected chi connectivity index (χ0v) is 78.2. The van der Waals surface area contributed by atoms with Crippen LogP contribution in [0.25, 0.3) is 102 Å². The molecule has 0 N–H and O–H groups in total. The Kier molecular flexibility index (Phi) is 34.6. The fraction of sp³-hybridized carbons (Fsp3) is 0.100. The van der Waals surface area contributed by atoms with Crippen LogP contribution in [0, 0.1) is 31.9 Å². The van der Waals surface area contributed by atoms with Crippen molar-refractivity contribution in [1.82, 2.24) is 58.7 Å². The summed E-state index contributed by atoms with van der Waals surface area (Å²) >= 11 is 30.9. The van der Waals surface area contributed by atoms with Gasteiger partial charge in [-0.25, -0.2) is 80.8 Å². The van der Waals surface area contributed by atoms with Crippen LogP contribution in [-0.2, 0) is 6.18 Å². The molecular weight excluding hydrogens is 2000 g/mol. The predicted octanol–water partition coefficient (Wildman–Crippen LogP) is 31.1. The average Bonchev–Trinajstić information content (AvgIpc) is 1.65. The van der Waals surface area contributed by atoms with Gasteiger partial charge in [0.25, 0.3) is 43.5 Å². The van der Waals surface area contributed by atoms with Gasteiger partial charge in [-0.1, -0.05) is 107 Å². The van der Waals surface area contributed by atoms with E-state index in [-0.39, 0.29) is 34.2 Å². The molecule has 18 aromatic rings. The topological polar surface area (TPSA) is 221 Å². The van der Waals surface area contributed by atoms with Gasteiger partial charge in [-0.3, -0.25) is 20.2 Å². The number of alkyl halides is 13. The molecule has 6 aromatic heterocycles. The number of nitrogens with zero attached hydrogens (tertiary/aromatic N) is 14. The molecule has 0 spiro atoms. The summed E-state index contributed by atoms with van der Waals surface area (Å²) in [6, 6.07) is 83.0. The molecule has 0 radical (unpaired) electrons. The molecule has 142 heavy (non-hydrogen) atoms. The van der Waals surface area contributed by atoms with Crippen molar-refractivity contribution < 1.29 is 89.9 Å². The molecular formula is C100H70Cl5F15N14O7S. The molecule has 18 rings (SSSR count). The second kappa shape index (κ2) is 47.2. The molecule has 0 aliphatic carbocycles. The Morgan fingerprint density at radius 1 is 0.303 bits per heavy atom. The van der Waals surface area contributed by atoms with E-state index in [2.05, 4.69) is 30.6 Å². The Morgan fingerprint density at radius 2 is 0.535 bits per heavy atom. The van der Waals surface area contributed by atoms with Crippen LogP contribution in [-0.4, -0.2) is 96.1 Å². The van der Waals surface area contributed by atoms with Crippen molar-refractivity contribution in [2.24, 2.45) is 0 Å². The van der Waals surface area contributed by atoms with E-state index in [9.17, 15) is 86.1 Å². The van der Waals surface area contributed by atoms with E-state index in [1.54, 1.807) is 202 Å². The van der Waals surface area contributed by atoms with E-state index >= 15 is 0 Å². The van der Waals surface area contributed by atoms with Crippen LogP contribution < -0.4 is 14.2 Å². The summed E-state index contributed by atoms with van der Waals surface area (Å²) in [5.41, 5.74) is 6.67. The minimum atomic E-state index is -4.53. The van der Waals surface area contributed by atoms with Crippen LogP contribution in [0.5, 0.6) is 17.2 Å². The third-order valence-electron chi connectivity index (χ3n) is 20.5. The Morgan fingerprint density at radius 3 is 0.796 bits per heavy atom. The highest BCUT2D eigenvalue weighted by Crippen LogP contribution is 2.40. The van der Waals surface area contributed by atoms with Gasteiger partial charge in [0.1, 0.15) is 45.8 Å². The van der Waals surface area contributed by atoms with E-state index in [0.29, 0.717) is 127 Å². The largest absolute Gasteiger partial charge is 0.497 e. The van der Waals surface area contributed by atoms with Gasteiger partial charge in [-0.2, -0.15) is 43.8 Å². The molecule has 728 valence electrons. The van der Waals surface area contributed by atoms with Crippen molar-refractivity contribution >= 4 is 81.1 Å². The van der Waals surface area contributed by atoms with Crippen molar-refractivity contribution in [3.8, 4) is 119 Å². The second-order valence-corrected chi connectivity index (χ2v) is 32.7. The van der Waals surface area contributed by atoms with E-state index in [1.165, 1.54) is 150 Å². The first kappa shape index (κ1) is 104. The summed E-state index contributed by atoms with van der Waals surface area (Å²) in [7, 11) is 4.50. The molecule has 0 saturated heterocycles. The summed E-state index contributed by atoms with van der Waals surface area (Å²) in [6.45, 7) is 0. The SMILES string of the molecule is COc1ccc(-c2cc(C(F)F)nn2-c2ccc(Cl)cc2)cc1F.COc1ccc(-n2nc(C(F)F)cc2-c2ccc(Cl)cc2)cc1.COc1ccc(-n2nc(C(F)F)cc2-c2ccc(SC)cc2)cc1.FC(F)(F)c1cc(-c2ccc(Cl)cc2)n(-c2ccc(Cl)cc2)n1.O=[N+]([O-])c1ccc(-c2cc(C(F)F)nn2-c2ccc(F)cc2)cc1.O=[N+]([O-])c1ccc(-n2nc(C(F)F)cc2-c2ccc(Cl)cc2)cc1. The lowest BCUT2D eigenvalue weighted by atomic mass is 10.1. The maximum absolute atomic E-state index is 14.0. The highest BCUT2D eigenvalue weighted by Gasteiger charge is 2.36. The van der Waals surface area contributed by atoms with E-state index < -0.39 is 76.9 Å². The quantitative estimate of drug-likeness (QED) is 0.0252. The fourth-order valence-electron chi connectivity index (χ4n) is 13.6. The number of nitro benzene ring substituents is 2. The van der Waals surface area contributed by atoms with Crippen LogP contribution in [0.15, 0.2) is 326 Å². The number of hydrogen-bond donors (Lipinski definition) is 0. The molecule has 6 heterocycles. The van der Waals surface area contributed by atoms with Gasteiger partial charge < -0.3 is 14.2 Å². The molecule has 21 nitrogen and oxygen atoms in total. The van der Waals surface area contributed by atoms with Crippen LogP contribution in [0.4, 0.5) is 77.2 Å². The van der Waals surface area contributed by atoms with Gasteiger partial charge in [0, 0.05) is 87.7 Å². The number of aromatic nitrogens is 12. The number of thioether (sulfide) groups is 1. The Labute approximate surface area is 826 Å². The monoisotopic (exact) mass is 2070 g/mol. The van der Waals surface area contributed by atoms with Gasteiger partial charge in [-0.05, 0) is 255 Å². The summed E-state index contributed by atoms with van der Waals surface area (Å²) < 4.78 is 220. The molecule has 0 aliphatic heterocycles. The molecule has 42 heteroatoms. The number of benzene rings is 12. The number of halogens is 20. The van der Waals surface area contributed by atoms with Crippen LogP contribution in [0.1, 0.15) is 66.3 Å². The molecule has 0 unspecified atom stereocenters. The lowest BCUT2D eigenvalue weighted by molar-refractivity contribution is -0.385. The van der Waals surface area contributed by atoms with Gasteiger partial charge >= 0.3 is 6.18 Å². The maximum atomic E-state index is 14.0. The lowest BCUT2D eigenvalue weighted by Gasteiger charge is -2.09. The smallest absolute Gasteiger partial charge is 0.435 e. The maximum Gasteiger partial charge on any atom is 0.435 e. The van der Waals surface area contributed by atoms with E-state index in [4.69, 9.17) is 72.2 Å². The van der Waals surface area contributed by atoms with Crippen molar-refractivity contribution in [2.75, 3.05) is 27.6 Å². The fourth-order valence-corrected chi connectivity index (χ4v) is 14.6. The first-order valence-electron chi connectivity index (χ1n) is 41.4. The summed E-state index contributed by atoms with van der Waals surface area (Å²) in [4.78, 5) is 21.5. The average molecular weight is 2070 g/mol. The summed E-state index contributed by atoms with van der Waals surface area (Å²) in [5.74, 6) is 0.411. The predicted molar refractivity (Wildman–Crippen MR) is 513 cm³/mol. The Hall–Kier alpha value is -15.2. The zero-order chi connectivity index (χ0) is 102. The normalized spacial score (nSPS) is 11.1. The third-order valence-corrected chi connectivity index (χ3v) is 22.5. The molecule has 12 aromatic carbocycles. The number of rotatable bonds is 23. The van der Waals surface area contributed by atoms with Crippen molar-refractivity contribution in [3.63, 3.8) is 0 Å². The molecule has 0 aliphatic rings. The van der Waals surface area contributed by atoms with Crippen molar-refractivity contribution in [2.45, 2.75) is 43.2 Å². The molecule has 0 fully saturated rings. The number of hydrogen-bond acceptors (Lipinski definition) is 14. The Bertz CT molecular complexity index is 7020. The third kappa shape index (κ3) is 26.3. The number of methoxy groups -OCH3 is 3. The standard InChI is InChI=1S/C18H16F2N2OS.C17H12ClF3N2O.C17H13ClF2N2O.C16H9Cl2F3N2.C16H10ClF2N3O2.C16H10F3N3O2/c1-23-14-7-5-13(6-8-14)22-17(11-16(21-22)18(19)20)12-3-9-15(24-2)10-4-12;1-24-16-7-2-10(8-13(16)19)15-9-14(17(20)21)22-23(15)12-5-3-11(18)4-6-12;1-23-14-8-6-13(7-9-14)22-16(10-15(21-22)17(19)20)11-2-4-12(18)5-3-11;17-11-3-1-10(2-4-11)14-9-15(16(19,20)21)22-23(14)13-7-5-12(18)6-8-13;17-11-3-1-10(2-4-11)15-9-14(16(18)19)20-21(15)12-5-7-13(8-6-12)22(23)24;17-11-3-7-12(8-4-11)21-15(9-14(20-21)16(18)19)10-1-5-13(6-2-10)22(23)24/h3-11,18H,1-2H3;2-9,17H,1H3;2-10,17H,1H3;1-9H;2*1-9,16H.